The van der Waals surface area contributed by atoms with Crippen molar-refractivity contribution < 1.29 is 0 Å². The summed E-state index contributed by atoms with van der Waals surface area (Å²) in [6.45, 7) is 6.76. The summed E-state index contributed by atoms with van der Waals surface area (Å²) >= 11 is 0. The van der Waals surface area contributed by atoms with Crippen LogP contribution in [0.5, 0.6) is 0 Å². The SMILES string of the molecule is CC(=CC1CC1)C(C)C. The van der Waals surface area contributed by atoms with E-state index >= 15 is 0 Å². The molecule has 0 N–H and O–H groups in total. The van der Waals surface area contributed by atoms with Gasteiger partial charge in [-0.05, 0) is 31.6 Å². The average molecular weight is 124 g/mol. The number of rotatable bonds is 2. The van der Waals surface area contributed by atoms with Crippen molar-refractivity contribution in [2.45, 2.75) is 33.6 Å². The highest BCUT2D eigenvalue weighted by Gasteiger charge is 2.18. The van der Waals surface area contributed by atoms with E-state index in [0.717, 1.165) is 11.8 Å². The minimum atomic E-state index is 0.755. The van der Waals surface area contributed by atoms with Crippen LogP contribution in [0, 0.1) is 11.8 Å². The number of hydrogen-bond acceptors (Lipinski definition) is 0. The molecule has 0 atom stereocenters. The van der Waals surface area contributed by atoms with Crippen molar-refractivity contribution in [1.29, 1.82) is 0 Å². The highest BCUT2D eigenvalue weighted by molar-refractivity contribution is 5.07. The van der Waals surface area contributed by atoms with Crippen molar-refractivity contribution in [2.24, 2.45) is 11.8 Å². The van der Waals surface area contributed by atoms with Crippen LogP contribution in [0.15, 0.2) is 11.6 Å². The van der Waals surface area contributed by atoms with Gasteiger partial charge in [0.05, 0.1) is 0 Å². The van der Waals surface area contributed by atoms with Gasteiger partial charge in [-0.2, -0.15) is 0 Å². The van der Waals surface area contributed by atoms with Crippen LogP contribution in [-0.4, -0.2) is 0 Å². The highest BCUT2D eigenvalue weighted by Crippen LogP contribution is 2.32. The fraction of sp³-hybridized carbons (Fsp3) is 0.778. The second kappa shape index (κ2) is 2.55. The molecule has 0 radical (unpaired) electrons. The predicted molar refractivity (Wildman–Crippen MR) is 41.3 cm³/mol. The van der Waals surface area contributed by atoms with Crippen LogP contribution in [0.4, 0.5) is 0 Å². The summed E-state index contributed by atoms with van der Waals surface area (Å²) in [7, 11) is 0. The third-order valence-corrected chi connectivity index (χ3v) is 2.03. The summed E-state index contributed by atoms with van der Waals surface area (Å²) < 4.78 is 0. The third-order valence-electron chi connectivity index (χ3n) is 2.03. The molecular weight excluding hydrogens is 108 g/mol. The quantitative estimate of drug-likeness (QED) is 0.496. The Balaban J connectivity index is 2.37. The van der Waals surface area contributed by atoms with E-state index in [0.29, 0.717) is 0 Å². The van der Waals surface area contributed by atoms with E-state index in [-0.39, 0.29) is 0 Å². The molecule has 1 aliphatic carbocycles. The summed E-state index contributed by atoms with van der Waals surface area (Å²) in [6.07, 6.45) is 5.30. The molecule has 0 heteroatoms. The van der Waals surface area contributed by atoms with Crippen molar-refractivity contribution >= 4 is 0 Å². The van der Waals surface area contributed by atoms with E-state index in [2.05, 4.69) is 26.8 Å². The Bertz CT molecular complexity index is 116. The van der Waals surface area contributed by atoms with Crippen LogP contribution < -0.4 is 0 Å². The number of hydrogen-bond donors (Lipinski definition) is 0. The highest BCUT2D eigenvalue weighted by atomic mass is 14.2. The van der Waals surface area contributed by atoms with Gasteiger partial charge >= 0.3 is 0 Å². The summed E-state index contributed by atoms with van der Waals surface area (Å²) in [5, 5.41) is 0. The maximum atomic E-state index is 2.44. The first kappa shape index (κ1) is 6.85. The van der Waals surface area contributed by atoms with Gasteiger partial charge in [-0.25, -0.2) is 0 Å². The molecule has 0 spiro atoms. The fourth-order valence-electron chi connectivity index (χ4n) is 0.827. The molecule has 0 aliphatic heterocycles. The molecular formula is C9H16. The second-order valence-corrected chi connectivity index (χ2v) is 3.40. The molecule has 0 bridgehead atoms. The molecule has 52 valence electrons. The lowest BCUT2D eigenvalue weighted by atomic mass is 10.0. The molecule has 0 aromatic rings. The molecule has 1 rings (SSSR count). The zero-order valence-electron chi connectivity index (χ0n) is 6.65. The van der Waals surface area contributed by atoms with Gasteiger partial charge in [0.1, 0.15) is 0 Å². The molecule has 1 aliphatic rings. The predicted octanol–water partition coefficient (Wildman–Crippen LogP) is 3.00. The molecule has 0 heterocycles. The molecule has 0 aromatic carbocycles. The summed E-state index contributed by atoms with van der Waals surface area (Å²) in [4.78, 5) is 0. The Labute approximate surface area is 58.0 Å². The first-order chi connectivity index (χ1) is 4.20. The van der Waals surface area contributed by atoms with Gasteiger partial charge in [0, 0.05) is 0 Å². The van der Waals surface area contributed by atoms with Crippen LogP contribution in [-0.2, 0) is 0 Å². The van der Waals surface area contributed by atoms with E-state index in [4.69, 9.17) is 0 Å². The van der Waals surface area contributed by atoms with Gasteiger partial charge in [-0.3, -0.25) is 0 Å². The van der Waals surface area contributed by atoms with Gasteiger partial charge in [0.15, 0.2) is 0 Å². The van der Waals surface area contributed by atoms with Crippen LogP contribution in [0.2, 0.25) is 0 Å². The van der Waals surface area contributed by atoms with E-state index < -0.39 is 0 Å². The molecule has 0 amide bonds. The van der Waals surface area contributed by atoms with Crippen molar-refractivity contribution in [3.05, 3.63) is 11.6 Å². The van der Waals surface area contributed by atoms with E-state index in [1.165, 1.54) is 12.8 Å². The minimum Gasteiger partial charge on any atom is -0.0822 e. The van der Waals surface area contributed by atoms with Crippen molar-refractivity contribution in [1.82, 2.24) is 0 Å². The molecule has 0 nitrogen and oxygen atoms in total. The van der Waals surface area contributed by atoms with E-state index in [1.54, 1.807) is 5.57 Å². The number of allylic oxidation sites excluding steroid dienone is 2. The van der Waals surface area contributed by atoms with Crippen LogP contribution in [0.25, 0.3) is 0 Å². The van der Waals surface area contributed by atoms with Gasteiger partial charge in [0.25, 0.3) is 0 Å². The molecule has 1 fully saturated rings. The third kappa shape index (κ3) is 2.21. The molecule has 0 saturated heterocycles. The van der Waals surface area contributed by atoms with Gasteiger partial charge < -0.3 is 0 Å². The Morgan fingerprint density at radius 1 is 1.44 bits per heavy atom. The lowest BCUT2D eigenvalue weighted by Gasteiger charge is -2.02. The van der Waals surface area contributed by atoms with Crippen LogP contribution >= 0.6 is 0 Å². The topological polar surface area (TPSA) is 0 Å². The maximum Gasteiger partial charge on any atom is -0.0230 e. The molecule has 1 saturated carbocycles. The average Bonchev–Trinajstić information content (AvgIpc) is 2.50. The first-order valence-electron chi connectivity index (χ1n) is 3.88. The van der Waals surface area contributed by atoms with Crippen molar-refractivity contribution in [3.8, 4) is 0 Å². The van der Waals surface area contributed by atoms with E-state index in [9.17, 15) is 0 Å². The Morgan fingerprint density at radius 3 is 2.33 bits per heavy atom. The smallest absolute Gasteiger partial charge is 0.0230 e. The van der Waals surface area contributed by atoms with Crippen LogP contribution in [0.3, 0.4) is 0 Å². The van der Waals surface area contributed by atoms with Crippen molar-refractivity contribution in [2.75, 3.05) is 0 Å². The lowest BCUT2D eigenvalue weighted by molar-refractivity contribution is 0.758. The Morgan fingerprint density at radius 2 is 2.00 bits per heavy atom. The molecule has 0 unspecified atom stereocenters. The summed E-state index contributed by atoms with van der Waals surface area (Å²) in [5.41, 5.74) is 1.57. The molecule has 9 heavy (non-hydrogen) atoms. The first-order valence-corrected chi connectivity index (χ1v) is 3.88. The summed E-state index contributed by atoms with van der Waals surface area (Å²) in [5.74, 6) is 1.71. The lowest BCUT2D eigenvalue weighted by Crippen LogP contribution is -1.88. The van der Waals surface area contributed by atoms with E-state index in [1.807, 2.05) is 0 Å². The second-order valence-electron chi connectivity index (χ2n) is 3.40. The van der Waals surface area contributed by atoms with Gasteiger partial charge in [-0.15, -0.1) is 0 Å². The van der Waals surface area contributed by atoms with Gasteiger partial charge in [-0.1, -0.05) is 25.5 Å². The standard InChI is InChI=1S/C9H16/c1-7(2)8(3)6-9-4-5-9/h6-7,9H,4-5H2,1-3H3. The van der Waals surface area contributed by atoms with Crippen LogP contribution in [0.1, 0.15) is 33.6 Å². The molecule has 0 aromatic heterocycles. The summed E-state index contributed by atoms with van der Waals surface area (Å²) in [6, 6.07) is 0. The normalized spacial score (nSPS) is 21.1. The fourth-order valence-corrected chi connectivity index (χ4v) is 0.827. The zero-order chi connectivity index (χ0) is 6.85. The van der Waals surface area contributed by atoms with Gasteiger partial charge in [0.2, 0.25) is 0 Å². The monoisotopic (exact) mass is 124 g/mol. The maximum absolute atomic E-state index is 2.44. The Kier molecular flexibility index (Phi) is 1.94. The Hall–Kier alpha value is -0.260. The zero-order valence-corrected chi connectivity index (χ0v) is 6.65. The minimum absolute atomic E-state index is 0.755. The largest absolute Gasteiger partial charge is 0.0822 e. The van der Waals surface area contributed by atoms with Crippen molar-refractivity contribution in [3.63, 3.8) is 0 Å².